The van der Waals surface area contributed by atoms with E-state index in [1.54, 1.807) is 0 Å². The minimum absolute atomic E-state index is 0.0876. The van der Waals surface area contributed by atoms with E-state index in [9.17, 15) is 5.11 Å². The number of para-hydroxylation sites is 2. The third-order valence-corrected chi connectivity index (χ3v) is 4.47. The summed E-state index contributed by atoms with van der Waals surface area (Å²) in [4.78, 5) is 0. The van der Waals surface area contributed by atoms with Crippen LogP contribution in [0.3, 0.4) is 0 Å². The van der Waals surface area contributed by atoms with Crippen LogP contribution < -0.4 is 19.5 Å². The molecule has 4 rings (SSSR count). The zero-order valence-electron chi connectivity index (χ0n) is 15.1. The van der Waals surface area contributed by atoms with Crippen molar-refractivity contribution in [2.45, 2.75) is 19.1 Å². The van der Waals surface area contributed by atoms with E-state index in [2.05, 4.69) is 15.5 Å². The first-order chi connectivity index (χ1) is 13.2. The van der Waals surface area contributed by atoms with E-state index in [1.165, 1.54) is 0 Å². The summed E-state index contributed by atoms with van der Waals surface area (Å²) in [5.74, 6) is 2.24. The zero-order chi connectivity index (χ0) is 18.6. The Morgan fingerprint density at radius 1 is 1.26 bits per heavy atom. The number of hydrogen-bond donors (Lipinski definition) is 3. The maximum absolute atomic E-state index is 10.2. The number of nitrogens with zero attached hydrogens (tertiary/aromatic N) is 1. The summed E-state index contributed by atoms with van der Waals surface area (Å²) in [6, 6.07) is 13.3. The second-order valence-electron chi connectivity index (χ2n) is 6.62. The molecule has 0 fully saturated rings. The van der Waals surface area contributed by atoms with Gasteiger partial charge in [-0.1, -0.05) is 18.2 Å². The molecule has 1 aromatic heterocycles. The minimum atomic E-state index is -0.635. The molecule has 0 amide bonds. The lowest BCUT2D eigenvalue weighted by atomic mass is 10.2. The molecule has 7 nitrogen and oxygen atoms in total. The molecule has 2 aromatic carbocycles. The van der Waals surface area contributed by atoms with Gasteiger partial charge in [-0.05, 0) is 31.2 Å². The molecule has 2 heterocycles. The van der Waals surface area contributed by atoms with Crippen LogP contribution in [-0.4, -0.2) is 53.8 Å². The molecule has 0 spiro atoms. The molecule has 0 bridgehead atoms. The Morgan fingerprint density at radius 3 is 3.00 bits per heavy atom. The molecular weight excluding hydrogens is 346 g/mol. The number of rotatable bonds is 7. The number of aliphatic hydroxyl groups is 1. The summed E-state index contributed by atoms with van der Waals surface area (Å²) in [6.45, 7) is 3.62. The quantitative estimate of drug-likeness (QED) is 0.591. The molecule has 1 aliphatic heterocycles. The van der Waals surface area contributed by atoms with Gasteiger partial charge in [-0.25, -0.2) is 0 Å². The molecule has 142 valence electrons. The van der Waals surface area contributed by atoms with Crippen LogP contribution in [0.25, 0.3) is 10.9 Å². The van der Waals surface area contributed by atoms with Crippen molar-refractivity contribution in [3.8, 4) is 17.2 Å². The van der Waals surface area contributed by atoms with Gasteiger partial charge in [0.15, 0.2) is 11.5 Å². The average Bonchev–Trinajstić information content (AvgIpc) is 3.08. The number of aromatic amines is 1. The Kier molecular flexibility index (Phi) is 5.13. The summed E-state index contributed by atoms with van der Waals surface area (Å²) in [7, 11) is 0. The molecule has 0 aliphatic carbocycles. The van der Waals surface area contributed by atoms with Gasteiger partial charge in [0.1, 0.15) is 31.2 Å². The van der Waals surface area contributed by atoms with Crippen molar-refractivity contribution in [3.63, 3.8) is 0 Å². The van der Waals surface area contributed by atoms with Gasteiger partial charge in [0.05, 0.1) is 10.9 Å². The van der Waals surface area contributed by atoms with Crippen LogP contribution in [0.5, 0.6) is 17.2 Å². The fraction of sp³-hybridized carbons (Fsp3) is 0.350. The van der Waals surface area contributed by atoms with Crippen molar-refractivity contribution in [1.82, 2.24) is 15.5 Å². The van der Waals surface area contributed by atoms with Crippen LogP contribution >= 0.6 is 0 Å². The van der Waals surface area contributed by atoms with Crippen molar-refractivity contribution >= 4 is 10.9 Å². The first kappa shape index (κ1) is 17.6. The highest BCUT2D eigenvalue weighted by Crippen LogP contribution is 2.30. The zero-order valence-corrected chi connectivity index (χ0v) is 15.1. The first-order valence-corrected chi connectivity index (χ1v) is 9.04. The second-order valence-corrected chi connectivity index (χ2v) is 6.62. The second kappa shape index (κ2) is 7.85. The first-order valence-electron chi connectivity index (χ1n) is 9.04. The third-order valence-electron chi connectivity index (χ3n) is 4.47. The van der Waals surface area contributed by atoms with E-state index >= 15 is 0 Å². The molecule has 2 atom stereocenters. The van der Waals surface area contributed by atoms with E-state index in [-0.39, 0.29) is 12.7 Å². The predicted molar refractivity (Wildman–Crippen MR) is 102 cm³/mol. The number of fused-ring (bicyclic) bond motifs is 2. The molecular formula is C20H23N3O4. The number of benzene rings is 2. The van der Waals surface area contributed by atoms with E-state index in [0.717, 1.165) is 33.8 Å². The smallest absolute Gasteiger partial charge is 0.161 e. The van der Waals surface area contributed by atoms with Crippen molar-refractivity contribution in [2.24, 2.45) is 0 Å². The van der Waals surface area contributed by atoms with Gasteiger partial charge in [-0.3, -0.25) is 5.10 Å². The summed E-state index contributed by atoms with van der Waals surface area (Å²) < 4.78 is 17.4. The van der Waals surface area contributed by atoms with Gasteiger partial charge < -0.3 is 24.6 Å². The van der Waals surface area contributed by atoms with Gasteiger partial charge in [0.2, 0.25) is 0 Å². The molecule has 27 heavy (non-hydrogen) atoms. The van der Waals surface area contributed by atoms with E-state index in [0.29, 0.717) is 19.7 Å². The van der Waals surface area contributed by atoms with Crippen LogP contribution in [0.1, 0.15) is 5.69 Å². The van der Waals surface area contributed by atoms with Gasteiger partial charge in [0.25, 0.3) is 0 Å². The fourth-order valence-electron chi connectivity index (χ4n) is 3.13. The number of ether oxygens (including phenoxy) is 3. The molecule has 1 unspecified atom stereocenters. The molecule has 1 aliphatic rings. The third kappa shape index (κ3) is 3.99. The lowest BCUT2D eigenvalue weighted by Crippen LogP contribution is -2.41. The molecule has 0 radical (unpaired) electrons. The highest BCUT2D eigenvalue weighted by Gasteiger charge is 2.20. The molecule has 7 heteroatoms. The van der Waals surface area contributed by atoms with Crippen LogP contribution in [0, 0.1) is 6.92 Å². The van der Waals surface area contributed by atoms with E-state index < -0.39 is 6.10 Å². The number of hydrogen-bond acceptors (Lipinski definition) is 6. The Morgan fingerprint density at radius 2 is 2.11 bits per heavy atom. The van der Waals surface area contributed by atoms with E-state index in [4.69, 9.17) is 14.2 Å². The molecule has 0 saturated heterocycles. The van der Waals surface area contributed by atoms with Crippen LogP contribution in [0.15, 0.2) is 42.5 Å². The van der Waals surface area contributed by atoms with Crippen LogP contribution in [0.2, 0.25) is 0 Å². The number of aryl methyl sites for hydroxylation is 1. The SMILES string of the molecule is Cc1[nH]nc2cccc(OC[C@@H](O)CNCC3COc4ccccc4O3)c12. The number of nitrogens with one attached hydrogen (secondary N) is 2. The van der Waals surface area contributed by atoms with Gasteiger partial charge in [0, 0.05) is 18.8 Å². The van der Waals surface area contributed by atoms with Crippen LogP contribution in [0.4, 0.5) is 0 Å². The Balaban J connectivity index is 1.23. The average molecular weight is 369 g/mol. The predicted octanol–water partition coefficient (Wildman–Crippen LogP) is 2.04. The Bertz CT molecular complexity index is 911. The number of aliphatic hydroxyl groups excluding tert-OH is 1. The topological polar surface area (TPSA) is 88.6 Å². The van der Waals surface area contributed by atoms with Gasteiger partial charge in [-0.15, -0.1) is 0 Å². The van der Waals surface area contributed by atoms with Crippen molar-refractivity contribution in [3.05, 3.63) is 48.2 Å². The molecule has 3 aromatic rings. The molecule has 0 saturated carbocycles. The summed E-state index contributed by atoms with van der Waals surface area (Å²) in [5.41, 5.74) is 1.80. The molecule has 3 N–H and O–H groups in total. The highest BCUT2D eigenvalue weighted by atomic mass is 16.6. The highest BCUT2D eigenvalue weighted by molar-refractivity contribution is 5.87. The Labute approximate surface area is 157 Å². The minimum Gasteiger partial charge on any atom is -0.490 e. The maximum atomic E-state index is 10.2. The Hall–Kier alpha value is -2.77. The normalized spacial score (nSPS) is 17.0. The van der Waals surface area contributed by atoms with Crippen molar-refractivity contribution < 1.29 is 19.3 Å². The monoisotopic (exact) mass is 369 g/mol. The fourth-order valence-corrected chi connectivity index (χ4v) is 3.13. The van der Waals surface area contributed by atoms with Gasteiger partial charge >= 0.3 is 0 Å². The number of H-pyrrole nitrogens is 1. The lowest BCUT2D eigenvalue weighted by Gasteiger charge is -2.27. The van der Waals surface area contributed by atoms with Crippen molar-refractivity contribution in [2.75, 3.05) is 26.3 Å². The van der Waals surface area contributed by atoms with E-state index in [1.807, 2.05) is 49.4 Å². The lowest BCUT2D eigenvalue weighted by molar-refractivity contribution is 0.0780. The van der Waals surface area contributed by atoms with Crippen LogP contribution in [-0.2, 0) is 0 Å². The van der Waals surface area contributed by atoms with Gasteiger partial charge in [-0.2, -0.15) is 5.10 Å². The summed E-state index contributed by atoms with van der Waals surface area (Å²) in [6.07, 6.45) is -0.723. The largest absolute Gasteiger partial charge is 0.490 e. The number of aromatic nitrogens is 2. The summed E-state index contributed by atoms with van der Waals surface area (Å²) in [5, 5.41) is 21.5. The standard InChI is InChI=1S/C20H23N3O4/c1-13-20-16(23-22-13)5-4-8-19(20)25-11-14(24)9-21-10-15-12-26-17-6-2-3-7-18(17)27-15/h2-8,14-15,21,24H,9-12H2,1H3,(H,22,23)/t14-,15?/m0/s1. The maximum Gasteiger partial charge on any atom is 0.161 e. The summed E-state index contributed by atoms with van der Waals surface area (Å²) >= 11 is 0. The van der Waals surface area contributed by atoms with Crippen molar-refractivity contribution in [1.29, 1.82) is 0 Å².